The van der Waals surface area contributed by atoms with Crippen LogP contribution in [0.15, 0.2) is 30.6 Å². The Bertz CT molecular complexity index is 670. The molecule has 0 unspecified atom stereocenters. The van der Waals surface area contributed by atoms with Gasteiger partial charge in [0.2, 0.25) is 5.91 Å². The Morgan fingerprint density at radius 1 is 1.43 bits per heavy atom. The number of anilines is 1. The summed E-state index contributed by atoms with van der Waals surface area (Å²) in [5.74, 6) is 0.654. The smallest absolute Gasteiger partial charge is 0.242 e. The first-order valence-electron chi connectivity index (χ1n) is 7.68. The van der Waals surface area contributed by atoms with Gasteiger partial charge in [-0.05, 0) is 31.0 Å². The lowest BCUT2D eigenvalue weighted by atomic mass is 9.95. The van der Waals surface area contributed by atoms with E-state index in [0.29, 0.717) is 19.0 Å². The molecule has 0 aliphatic carbocycles. The standard InChI is InChI=1S/C16H21N5O2/c1-11-6-15(17)21(20-11)8-16(22)19-14-10-23-9-13(14)7-12-2-4-18-5-3-12/h2-6,13-14H,7-10,17H2,1H3,(H,19,22)/t13-,14-/m1/s1. The summed E-state index contributed by atoms with van der Waals surface area (Å²) in [7, 11) is 0. The quantitative estimate of drug-likeness (QED) is 0.840. The summed E-state index contributed by atoms with van der Waals surface area (Å²) in [4.78, 5) is 16.3. The SMILES string of the molecule is Cc1cc(N)n(CC(=O)N[C@@H]2COC[C@H]2Cc2ccncc2)n1. The number of nitrogens with two attached hydrogens (primary N) is 1. The highest BCUT2D eigenvalue weighted by Gasteiger charge is 2.29. The Kier molecular flexibility index (Phi) is 4.57. The van der Waals surface area contributed by atoms with E-state index in [4.69, 9.17) is 10.5 Å². The number of carbonyl (C=O) groups excluding carboxylic acids is 1. The van der Waals surface area contributed by atoms with Crippen molar-refractivity contribution in [3.63, 3.8) is 0 Å². The largest absolute Gasteiger partial charge is 0.384 e. The number of carbonyl (C=O) groups is 1. The van der Waals surface area contributed by atoms with E-state index in [-0.39, 0.29) is 24.4 Å². The van der Waals surface area contributed by atoms with E-state index in [1.807, 2.05) is 19.1 Å². The van der Waals surface area contributed by atoms with E-state index < -0.39 is 0 Å². The van der Waals surface area contributed by atoms with Gasteiger partial charge in [-0.3, -0.25) is 9.78 Å². The van der Waals surface area contributed by atoms with Crippen molar-refractivity contribution < 1.29 is 9.53 Å². The molecule has 1 aliphatic rings. The highest BCUT2D eigenvalue weighted by atomic mass is 16.5. The van der Waals surface area contributed by atoms with Crippen molar-refractivity contribution in [3.8, 4) is 0 Å². The molecule has 0 bridgehead atoms. The lowest BCUT2D eigenvalue weighted by molar-refractivity contribution is -0.122. The normalized spacial score (nSPS) is 20.6. The maximum absolute atomic E-state index is 12.2. The summed E-state index contributed by atoms with van der Waals surface area (Å²) in [6.45, 7) is 3.16. The van der Waals surface area contributed by atoms with Crippen molar-refractivity contribution in [2.24, 2.45) is 5.92 Å². The van der Waals surface area contributed by atoms with Crippen LogP contribution in [0, 0.1) is 12.8 Å². The first-order valence-corrected chi connectivity index (χ1v) is 7.68. The molecule has 122 valence electrons. The van der Waals surface area contributed by atoms with Gasteiger partial charge in [0.15, 0.2) is 0 Å². The molecule has 23 heavy (non-hydrogen) atoms. The molecule has 1 aliphatic heterocycles. The fourth-order valence-corrected chi connectivity index (χ4v) is 2.86. The van der Waals surface area contributed by atoms with Crippen LogP contribution in [0.4, 0.5) is 5.82 Å². The summed E-state index contributed by atoms with van der Waals surface area (Å²) < 4.78 is 7.06. The fourth-order valence-electron chi connectivity index (χ4n) is 2.86. The summed E-state index contributed by atoms with van der Waals surface area (Å²) in [5.41, 5.74) is 7.81. The molecule has 2 aromatic rings. The minimum absolute atomic E-state index is 0.00792. The lowest BCUT2D eigenvalue weighted by Crippen LogP contribution is -2.42. The number of hydrogen-bond acceptors (Lipinski definition) is 5. The van der Waals surface area contributed by atoms with Crippen LogP contribution in [0.3, 0.4) is 0 Å². The van der Waals surface area contributed by atoms with Gasteiger partial charge in [-0.15, -0.1) is 0 Å². The predicted molar refractivity (Wildman–Crippen MR) is 85.6 cm³/mol. The summed E-state index contributed by atoms with van der Waals surface area (Å²) in [5, 5.41) is 7.24. The topological polar surface area (TPSA) is 95.1 Å². The summed E-state index contributed by atoms with van der Waals surface area (Å²) >= 11 is 0. The zero-order valence-electron chi connectivity index (χ0n) is 13.1. The lowest BCUT2D eigenvalue weighted by Gasteiger charge is -2.19. The zero-order valence-corrected chi connectivity index (χ0v) is 13.1. The molecule has 1 saturated heterocycles. The number of aryl methyl sites for hydroxylation is 1. The number of amides is 1. The van der Waals surface area contributed by atoms with E-state index in [1.165, 1.54) is 10.2 Å². The zero-order chi connectivity index (χ0) is 16.2. The third-order valence-corrected chi connectivity index (χ3v) is 4.02. The van der Waals surface area contributed by atoms with Gasteiger partial charge in [0.25, 0.3) is 0 Å². The molecule has 1 fully saturated rings. The van der Waals surface area contributed by atoms with Crippen LogP contribution in [-0.4, -0.2) is 39.9 Å². The average Bonchev–Trinajstić information content (AvgIpc) is 3.07. The number of aromatic nitrogens is 3. The number of hydrogen-bond donors (Lipinski definition) is 2. The van der Waals surface area contributed by atoms with Crippen molar-refractivity contribution in [2.75, 3.05) is 18.9 Å². The van der Waals surface area contributed by atoms with Crippen molar-refractivity contribution in [1.29, 1.82) is 0 Å². The molecule has 2 atom stereocenters. The van der Waals surface area contributed by atoms with Gasteiger partial charge in [-0.1, -0.05) is 0 Å². The number of nitrogens with zero attached hydrogens (tertiary/aromatic N) is 3. The van der Waals surface area contributed by atoms with Gasteiger partial charge in [-0.2, -0.15) is 5.10 Å². The van der Waals surface area contributed by atoms with E-state index in [1.54, 1.807) is 18.5 Å². The highest BCUT2D eigenvalue weighted by Crippen LogP contribution is 2.19. The molecule has 3 N–H and O–H groups in total. The van der Waals surface area contributed by atoms with Crippen LogP contribution in [0.2, 0.25) is 0 Å². The van der Waals surface area contributed by atoms with Gasteiger partial charge in [0.1, 0.15) is 12.4 Å². The molecule has 3 heterocycles. The Hall–Kier alpha value is -2.41. The molecule has 2 aromatic heterocycles. The summed E-state index contributed by atoms with van der Waals surface area (Å²) in [6.07, 6.45) is 4.42. The van der Waals surface area contributed by atoms with Crippen molar-refractivity contribution in [1.82, 2.24) is 20.1 Å². The van der Waals surface area contributed by atoms with E-state index >= 15 is 0 Å². The fraction of sp³-hybridized carbons (Fsp3) is 0.438. The monoisotopic (exact) mass is 315 g/mol. The molecule has 3 rings (SSSR count). The number of nitrogen functional groups attached to an aromatic ring is 1. The molecule has 0 spiro atoms. The predicted octanol–water partition coefficient (Wildman–Crippen LogP) is 0.543. The van der Waals surface area contributed by atoms with Crippen LogP contribution in [0.25, 0.3) is 0 Å². The second kappa shape index (κ2) is 6.78. The molecular formula is C16H21N5O2. The van der Waals surface area contributed by atoms with E-state index in [0.717, 1.165) is 12.1 Å². The maximum Gasteiger partial charge on any atom is 0.242 e. The Morgan fingerprint density at radius 2 is 2.22 bits per heavy atom. The van der Waals surface area contributed by atoms with Gasteiger partial charge in [0.05, 0.1) is 24.9 Å². The van der Waals surface area contributed by atoms with Gasteiger partial charge in [0, 0.05) is 24.4 Å². The molecular weight excluding hydrogens is 294 g/mol. The van der Waals surface area contributed by atoms with Crippen molar-refractivity contribution >= 4 is 11.7 Å². The van der Waals surface area contributed by atoms with Crippen molar-refractivity contribution in [2.45, 2.75) is 25.9 Å². The highest BCUT2D eigenvalue weighted by molar-refractivity contribution is 5.76. The number of nitrogens with one attached hydrogen (secondary N) is 1. The first-order chi connectivity index (χ1) is 11.1. The Balaban J connectivity index is 1.58. The Labute approximate surface area is 134 Å². The van der Waals surface area contributed by atoms with Gasteiger partial charge >= 0.3 is 0 Å². The van der Waals surface area contributed by atoms with Crippen LogP contribution in [0.1, 0.15) is 11.3 Å². The van der Waals surface area contributed by atoms with Gasteiger partial charge < -0.3 is 15.8 Å². The van der Waals surface area contributed by atoms with Crippen LogP contribution >= 0.6 is 0 Å². The second-order valence-corrected chi connectivity index (χ2v) is 5.90. The average molecular weight is 315 g/mol. The number of ether oxygens (including phenoxy) is 1. The molecule has 0 aromatic carbocycles. The molecule has 0 saturated carbocycles. The molecule has 7 heteroatoms. The second-order valence-electron chi connectivity index (χ2n) is 5.90. The minimum atomic E-state index is -0.102. The van der Waals surface area contributed by atoms with Gasteiger partial charge in [-0.25, -0.2) is 4.68 Å². The van der Waals surface area contributed by atoms with E-state index in [9.17, 15) is 4.79 Å². The van der Waals surface area contributed by atoms with Crippen LogP contribution < -0.4 is 11.1 Å². The number of rotatable bonds is 5. The summed E-state index contributed by atoms with van der Waals surface area (Å²) in [6, 6.07) is 5.74. The van der Waals surface area contributed by atoms with Crippen LogP contribution in [-0.2, 0) is 22.5 Å². The molecule has 1 amide bonds. The third-order valence-electron chi connectivity index (χ3n) is 4.02. The molecule has 7 nitrogen and oxygen atoms in total. The Morgan fingerprint density at radius 3 is 2.91 bits per heavy atom. The third kappa shape index (κ3) is 3.87. The minimum Gasteiger partial charge on any atom is -0.384 e. The van der Waals surface area contributed by atoms with Crippen molar-refractivity contribution in [3.05, 3.63) is 41.9 Å². The maximum atomic E-state index is 12.2. The van der Waals surface area contributed by atoms with Crippen LogP contribution in [0.5, 0.6) is 0 Å². The number of pyridine rings is 1. The first kappa shape index (κ1) is 15.5. The molecule has 0 radical (unpaired) electrons. The van der Waals surface area contributed by atoms with E-state index in [2.05, 4.69) is 15.4 Å².